The number of hydrogen-bond donors (Lipinski definition) is 2. The van der Waals surface area contributed by atoms with Crippen LogP contribution < -0.4 is 29.6 Å². The Morgan fingerprint density at radius 1 is 0.386 bits per heavy atom. The van der Waals surface area contributed by atoms with Gasteiger partial charge in [0.05, 0.1) is 37.0 Å². The summed E-state index contributed by atoms with van der Waals surface area (Å²) in [5, 5.41) is 5.64. The molecule has 7 rings (SSSR count). The van der Waals surface area contributed by atoms with E-state index in [2.05, 4.69) is 10.6 Å². The molecule has 0 aromatic heterocycles. The van der Waals surface area contributed by atoms with E-state index in [1.165, 1.54) is 49.6 Å². The lowest BCUT2D eigenvalue weighted by Gasteiger charge is -2.18. The molecule has 0 aliphatic carbocycles. The van der Waals surface area contributed by atoms with Crippen molar-refractivity contribution in [2.75, 3.05) is 31.0 Å². The third-order valence-electron chi connectivity index (χ3n) is 10.5. The topological polar surface area (TPSA) is 174 Å². The van der Waals surface area contributed by atoms with Crippen LogP contribution in [0.25, 0.3) is 0 Å². The number of methoxy groups -OCH3 is 1. The van der Waals surface area contributed by atoms with Crippen molar-refractivity contribution in [3.8, 4) is 23.0 Å². The summed E-state index contributed by atoms with van der Waals surface area (Å²) in [5.41, 5.74) is 3.35. The number of nitrogens with one attached hydrogen (secondary N) is 2. The average Bonchev–Trinajstić information content (AvgIpc) is 3.39. The molecule has 0 aliphatic rings. The molecular formula is C56H50N2O12. The molecule has 2 amide bonds. The molecule has 70 heavy (non-hydrogen) atoms. The first-order valence-corrected chi connectivity index (χ1v) is 22.4. The van der Waals surface area contributed by atoms with Gasteiger partial charge in [-0.3, -0.25) is 9.59 Å². The summed E-state index contributed by atoms with van der Waals surface area (Å²) in [6, 6.07) is 46.8. The summed E-state index contributed by atoms with van der Waals surface area (Å²) in [5.74, 6) is -3.38. The molecule has 0 fully saturated rings. The maximum atomic E-state index is 14.5. The predicted octanol–water partition coefficient (Wildman–Crippen LogP) is 10.6. The Labute approximate surface area is 405 Å². The number of anilines is 2. The normalized spacial score (nSPS) is 10.6. The van der Waals surface area contributed by atoms with Gasteiger partial charge in [-0.1, -0.05) is 121 Å². The molecule has 2 N–H and O–H groups in total. The van der Waals surface area contributed by atoms with Gasteiger partial charge in [-0.25, -0.2) is 14.4 Å². The van der Waals surface area contributed by atoms with E-state index in [9.17, 15) is 24.0 Å². The Kier molecular flexibility index (Phi) is 17.0. The number of carbonyl (C=O) groups excluding carboxylic acids is 5. The van der Waals surface area contributed by atoms with Crippen molar-refractivity contribution in [2.45, 2.75) is 40.3 Å². The molecule has 0 radical (unpaired) electrons. The second-order valence-corrected chi connectivity index (χ2v) is 15.4. The molecule has 0 unspecified atom stereocenters. The Morgan fingerprint density at radius 3 is 0.986 bits per heavy atom. The minimum absolute atomic E-state index is 0.0222. The van der Waals surface area contributed by atoms with Crippen molar-refractivity contribution in [2.24, 2.45) is 0 Å². The zero-order valence-electron chi connectivity index (χ0n) is 38.7. The minimum Gasteiger partial charge on any atom is -0.488 e. The SMILES string of the molecule is CCOC(=O)c1cc(OCc2ccccc2)c(C(=O)Nc2cc(NC(=O)c3cc(OCc4ccccc4)c(C(=O)OCC)cc3OCc3ccccc3)cc(C(=O)OC)c2)cc1OCc1ccccc1. The van der Waals surface area contributed by atoms with Crippen LogP contribution >= 0.6 is 0 Å². The van der Waals surface area contributed by atoms with Gasteiger partial charge in [0.1, 0.15) is 60.6 Å². The van der Waals surface area contributed by atoms with Crippen LogP contribution in [0.5, 0.6) is 23.0 Å². The predicted molar refractivity (Wildman–Crippen MR) is 262 cm³/mol. The maximum absolute atomic E-state index is 14.5. The van der Waals surface area contributed by atoms with Crippen molar-refractivity contribution < 1.29 is 57.1 Å². The Bertz CT molecular complexity index is 2740. The van der Waals surface area contributed by atoms with Gasteiger partial charge in [0.2, 0.25) is 0 Å². The molecule has 7 aromatic carbocycles. The fourth-order valence-electron chi connectivity index (χ4n) is 7.03. The van der Waals surface area contributed by atoms with Crippen LogP contribution in [0.1, 0.15) is 87.9 Å². The van der Waals surface area contributed by atoms with Crippen molar-refractivity contribution in [3.05, 3.63) is 214 Å². The lowest BCUT2D eigenvalue weighted by atomic mass is 10.1. The lowest BCUT2D eigenvalue weighted by molar-refractivity contribution is 0.0510. The maximum Gasteiger partial charge on any atom is 0.342 e. The molecule has 0 spiro atoms. The number of ether oxygens (including phenoxy) is 7. The first kappa shape index (κ1) is 49.0. The highest BCUT2D eigenvalue weighted by Crippen LogP contribution is 2.35. The molecule has 0 atom stereocenters. The number of carbonyl (C=O) groups is 5. The van der Waals surface area contributed by atoms with Crippen molar-refractivity contribution in [1.82, 2.24) is 0 Å². The van der Waals surface area contributed by atoms with Crippen molar-refractivity contribution in [1.29, 1.82) is 0 Å². The van der Waals surface area contributed by atoms with E-state index in [1.54, 1.807) is 13.8 Å². The number of hydrogen-bond acceptors (Lipinski definition) is 12. The first-order chi connectivity index (χ1) is 34.1. The van der Waals surface area contributed by atoms with E-state index in [0.29, 0.717) is 0 Å². The van der Waals surface area contributed by atoms with Gasteiger partial charge in [0, 0.05) is 11.4 Å². The Morgan fingerprint density at radius 2 is 0.686 bits per heavy atom. The van der Waals surface area contributed by atoms with Crippen molar-refractivity contribution >= 4 is 41.1 Å². The molecule has 0 heterocycles. The zero-order chi connectivity index (χ0) is 49.2. The second-order valence-electron chi connectivity index (χ2n) is 15.4. The molecule has 14 heteroatoms. The minimum atomic E-state index is -0.767. The molecule has 0 bridgehead atoms. The summed E-state index contributed by atoms with van der Waals surface area (Å²) in [4.78, 5) is 68.9. The van der Waals surface area contributed by atoms with E-state index in [-0.39, 0.29) is 102 Å². The van der Waals surface area contributed by atoms with Gasteiger partial charge in [-0.05, 0) is 78.6 Å². The molecule has 0 saturated heterocycles. The highest BCUT2D eigenvalue weighted by molar-refractivity contribution is 6.11. The van der Waals surface area contributed by atoms with Crippen LogP contribution in [0, 0.1) is 0 Å². The number of amides is 2. The van der Waals surface area contributed by atoms with Gasteiger partial charge in [0.15, 0.2) is 0 Å². The van der Waals surface area contributed by atoms with Crippen LogP contribution in [-0.2, 0) is 40.6 Å². The van der Waals surface area contributed by atoms with Crippen LogP contribution in [0.15, 0.2) is 164 Å². The van der Waals surface area contributed by atoms with Crippen molar-refractivity contribution in [3.63, 3.8) is 0 Å². The molecular weight excluding hydrogens is 893 g/mol. The van der Waals surface area contributed by atoms with Gasteiger partial charge in [-0.2, -0.15) is 0 Å². The molecule has 356 valence electrons. The van der Waals surface area contributed by atoms with Gasteiger partial charge in [-0.15, -0.1) is 0 Å². The van der Waals surface area contributed by atoms with Crippen LogP contribution in [0.2, 0.25) is 0 Å². The third-order valence-corrected chi connectivity index (χ3v) is 10.5. The van der Waals surface area contributed by atoms with Crippen LogP contribution in [0.4, 0.5) is 11.4 Å². The van der Waals surface area contributed by atoms with Gasteiger partial charge in [0.25, 0.3) is 11.8 Å². The van der Waals surface area contributed by atoms with Crippen LogP contribution in [-0.4, -0.2) is 50.0 Å². The number of rotatable bonds is 21. The fourth-order valence-corrected chi connectivity index (χ4v) is 7.03. The molecule has 14 nitrogen and oxygen atoms in total. The second kappa shape index (κ2) is 24.2. The lowest BCUT2D eigenvalue weighted by Crippen LogP contribution is -2.18. The molecule has 0 aliphatic heterocycles. The summed E-state index contributed by atoms with van der Waals surface area (Å²) >= 11 is 0. The monoisotopic (exact) mass is 942 g/mol. The van der Waals surface area contributed by atoms with Gasteiger partial charge >= 0.3 is 17.9 Å². The summed E-state index contributed by atoms with van der Waals surface area (Å²) in [7, 11) is 1.20. The first-order valence-electron chi connectivity index (χ1n) is 22.4. The highest BCUT2D eigenvalue weighted by atomic mass is 16.5. The highest BCUT2D eigenvalue weighted by Gasteiger charge is 2.26. The van der Waals surface area contributed by atoms with Gasteiger partial charge < -0.3 is 43.8 Å². The smallest absolute Gasteiger partial charge is 0.342 e. The van der Waals surface area contributed by atoms with E-state index in [4.69, 9.17) is 33.2 Å². The van der Waals surface area contributed by atoms with E-state index < -0.39 is 29.7 Å². The summed E-state index contributed by atoms with van der Waals surface area (Å²) < 4.78 is 40.6. The molecule has 7 aromatic rings. The quantitative estimate of drug-likeness (QED) is 0.0516. The summed E-state index contributed by atoms with van der Waals surface area (Å²) in [6.07, 6.45) is 0. The zero-order valence-corrected chi connectivity index (χ0v) is 38.7. The number of benzene rings is 7. The summed E-state index contributed by atoms with van der Waals surface area (Å²) in [6.45, 7) is 3.72. The Hall–Kier alpha value is -8.91. The standard InChI is InChI=1S/C56H50N2O12/c1-4-65-55(62)46-31-48(67-33-37-18-10-6-11-19-37)44(29-50(46)69-35-39-22-14-8-15-23-39)52(59)57-42-26-41(54(61)64-3)27-43(28-42)58-53(60)45-30-51(70-36-40-24-16-9-17-25-40)47(56(63)66-5-2)32-49(45)68-34-38-20-12-7-13-21-38/h6-32H,4-5,33-36H2,1-3H3,(H,57,59)(H,58,60). The fraction of sp³-hybridized carbons (Fsp3) is 0.161. The van der Waals surface area contributed by atoms with E-state index >= 15 is 0 Å². The van der Waals surface area contributed by atoms with Crippen LogP contribution in [0.3, 0.4) is 0 Å². The Balaban J connectivity index is 1.25. The average molecular weight is 943 g/mol. The third kappa shape index (κ3) is 13.2. The molecule has 0 saturated carbocycles. The number of esters is 3. The van der Waals surface area contributed by atoms with E-state index in [1.807, 2.05) is 121 Å². The van der Waals surface area contributed by atoms with E-state index in [0.717, 1.165) is 22.3 Å². The largest absolute Gasteiger partial charge is 0.488 e.